The average molecular weight is 352 g/mol. The largest absolute Gasteiger partial charge is 0.480 e. The number of aromatic nitrogens is 2. The SMILES string of the molecule is NC(Cc1cnc[nH]1)C(=O)O.[Au]. The minimum Gasteiger partial charge on any atom is -0.480 e. The second-order valence-electron chi connectivity index (χ2n) is 2.23. The minimum absolute atomic E-state index is 0. The number of imidazole rings is 1. The number of carboxylic acids is 1. The van der Waals surface area contributed by atoms with Crippen LogP contribution in [0.4, 0.5) is 0 Å². The van der Waals surface area contributed by atoms with Crippen molar-refractivity contribution in [3.63, 3.8) is 0 Å². The molecule has 0 fully saturated rings. The van der Waals surface area contributed by atoms with E-state index in [4.69, 9.17) is 10.8 Å². The Morgan fingerprint density at radius 2 is 2.50 bits per heavy atom. The van der Waals surface area contributed by atoms with Gasteiger partial charge in [0, 0.05) is 40.7 Å². The summed E-state index contributed by atoms with van der Waals surface area (Å²) in [6, 6.07) is -0.851. The van der Waals surface area contributed by atoms with E-state index in [0.29, 0.717) is 0 Å². The van der Waals surface area contributed by atoms with E-state index in [0.717, 1.165) is 5.69 Å². The summed E-state index contributed by atoms with van der Waals surface area (Å²) in [6.07, 6.45) is 3.34. The van der Waals surface area contributed by atoms with E-state index in [9.17, 15) is 4.79 Å². The molecule has 0 bridgehead atoms. The van der Waals surface area contributed by atoms with Crippen LogP contribution in [0.1, 0.15) is 5.69 Å². The van der Waals surface area contributed by atoms with Crippen molar-refractivity contribution in [1.82, 2.24) is 9.97 Å². The molecule has 0 aromatic carbocycles. The monoisotopic (exact) mass is 352 g/mol. The van der Waals surface area contributed by atoms with Crippen LogP contribution in [-0.4, -0.2) is 27.1 Å². The van der Waals surface area contributed by atoms with E-state index in [1.54, 1.807) is 6.20 Å². The van der Waals surface area contributed by atoms with Crippen LogP contribution in [0.15, 0.2) is 12.5 Å². The van der Waals surface area contributed by atoms with E-state index in [-0.39, 0.29) is 28.8 Å². The van der Waals surface area contributed by atoms with E-state index in [1.807, 2.05) is 0 Å². The first-order chi connectivity index (χ1) is 5.20. The fourth-order valence-corrected chi connectivity index (χ4v) is 0.721. The standard InChI is InChI=1S/C6H9N3O2.Au/c7-5(6(10)11)1-4-2-8-3-9-4;/h2-3,5H,1,7H2,(H,8,9)(H,10,11);. The van der Waals surface area contributed by atoms with Crippen molar-refractivity contribution in [3.8, 4) is 0 Å². The molecular weight excluding hydrogens is 343 g/mol. The normalized spacial score (nSPS) is 11.8. The van der Waals surface area contributed by atoms with Crippen LogP contribution >= 0.6 is 0 Å². The molecule has 0 aliphatic heterocycles. The molecule has 0 saturated carbocycles. The van der Waals surface area contributed by atoms with Gasteiger partial charge >= 0.3 is 5.97 Å². The number of rotatable bonds is 3. The second kappa shape index (κ2) is 5.10. The summed E-state index contributed by atoms with van der Waals surface area (Å²) in [5, 5.41) is 8.42. The van der Waals surface area contributed by atoms with Gasteiger partial charge < -0.3 is 15.8 Å². The van der Waals surface area contributed by atoms with E-state index >= 15 is 0 Å². The van der Waals surface area contributed by atoms with Crippen LogP contribution in [0, 0.1) is 0 Å². The van der Waals surface area contributed by atoms with Gasteiger partial charge in [-0.25, -0.2) is 4.98 Å². The second-order valence-corrected chi connectivity index (χ2v) is 2.23. The summed E-state index contributed by atoms with van der Waals surface area (Å²) >= 11 is 0. The topological polar surface area (TPSA) is 92.0 Å². The fourth-order valence-electron chi connectivity index (χ4n) is 0.721. The van der Waals surface area contributed by atoms with Crippen LogP contribution < -0.4 is 5.73 Å². The van der Waals surface area contributed by atoms with Crippen molar-refractivity contribution in [1.29, 1.82) is 0 Å². The maximum absolute atomic E-state index is 10.3. The Bertz CT molecular complexity index is 237. The number of aliphatic carboxylic acids is 1. The Morgan fingerprint density at radius 1 is 1.83 bits per heavy atom. The molecule has 1 aromatic rings. The summed E-state index contributed by atoms with van der Waals surface area (Å²) in [6.45, 7) is 0. The molecule has 6 heteroatoms. The molecule has 12 heavy (non-hydrogen) atoms. The predicted octanol–water partition coefficient (Wildman–Crippen LogP) is -0.638. The average Bonchev–Trinajstić information content (AvgIpc) is 2.39. The van der Waals surface area contributed by atoms with E-state index < -0.39 is 12.0 Å². The molecule has 0 aliphatic carbocycles. The summed E-state index contributed by atoms with van der Waals surface area (Å²) < 4.78 is 0. The first-order valence-electron chi connectivity index (χ1n) is 3.16. The first-order valence-corrected chi connectivity index (χ1v) is 3.16. The van der Waals surface area contributed by atoms with Crippen LogP contribution in [-0.2, 0) is 33.6 Å². The van der Waals surface area contributed by atoms with Crippen molar-refractivity contribution in [2.45, 2.75) is 12.5 Å². The number of aromatic amines is 1. The third-order valence-corrected chi connectivity index (χ3v) is 1.31. The van der Waals surface area contributed by atoms with E-state index in [2.05, 4.69) is 9.97 Å². The number of nitrogens with zero attached hydrogens (tertiary/aromatic N) is 1. The molecule has 71 valence electrons. The summed E-state index contributed by atoms with van der Waals surface area (Å²) in [7, 11) is 0. The molecule has 0 saturated heterocycles. The van der Waals surface area contributed by atoms with Gasteiger partial charge in [0.25, 0.3) is 0 Å². The molecule has 1 unspecified atom stereocenters. The molecule has 0 aliphatic rings. The van der Waals surface area contributed by atoms with Gasteiger partial charge in [-0.15, -0.1) is 0 Å². The Morgan fingerprint density at radius 3 is 2.92 bits per heavy atom. The molecule has 1 atom stereocenters. The van der Waals surface area contributed by atoms with Crippen molar-refractivity contribution in [3.05, 3.63) is 18.2 Å². The van der Waals surface area contributed by atoms with Crippen LogP contribution in [0.5, 0.6) is 0 Å². The molecule has 1 heterocycles. The maximum atomic E-state index is 10.3. The number of carbonyl (C=O) groups is 1. The maximum Gasteiger partial charge on any atom is 0.320 e. The quantitative estimate of drug-likeness (QED) is 0.632. The molecule has 1 aromatic heterocycles. The smallest absolute Gasteiger partial charge is 0.320 e. The Labute approximate surface area is 84.9 Å². The van der Waals surface area contributed by atoms with Crippen LogP contribution in [0.2, 0.25) is 0 Å². The van der Waals surface area contributed by atoms with Crippen molar-refractivity contribution < 1.29 is 32.3 Å². The van der Waals surface area contributed by atoms with Crippen molar-refractivity contribution >= 4 is 5.97 Å². The van der Waals surface area contributed by atoms with Crippen molar-refractivity contribution in [2.75, 3.05) is 0 Å². The molecular formula is C6H9AuN3O2. The molecule has 0 amide bonds. The van der Waals surface area contributed by atoms with Gasteiger partial charge in [-0.3, -0.25) is 4.79 Å². The number of carboxylic acid groups (broad SMARTS) is 1. The zero-order valence-corrected chi connectivity index (χ0v) is 8.29. The number of nitrogens with one attached hydrogen (secondary N) is 1. The number of hydrogen-bond donors (Lipinski definition) is 3. The van der Waals surface area contributed by atoms with Crippen LogP contribution in [0.25, 0.3) is 0 Å². The zero-order chi connectivity index (χ0) is 8.27. The molecule has 0 spiro atoms. The summed E-state index contributed by atoms with van der Waals surface area (Å²) in [5.41, 5.74) is 6.00. The first kappa shape index (κ1) is 11.4. The molecule has 4 N–H and O–H groups in total. The van der Waals surface area contributed by atoms with Gasteiger partial charge in [0.15, 0.2) is 0 Å². The molecule has 1 radical (unpaired) electrons. The third-order valence-electron chi connectivity index (χ3n) is 1.31. The Balaban J connectivity index is 0.00000121. The zero-order valence-electron chi connectivity index (χ0n) is 6.12. The van der Waals surface area contributed by atoms with Gasteiger partial charge in [-0.05, 0) is 0 Å². The Hall–Kier alpha value is -0.620. The predicted molar refractivity (Wildman–Crippen MR) is 37.9 cm³/mol. The van der Waals surface area contributed by atoms with Crippen LogP contribution in [0.3, 0.4) is 0 Å². The van der Waals surface area contributed by atoms with Gasteiger partial charge in [-0.2, -0.15) is 0 Å². The molecule has 5 nitrogen and oxygen atoms in total. The number of H-pyrrole nitrogens is 1. The van der Waals surface area contributed by atoms with E-state index in [1.165, 1.54) is 6.33 Å². The van der Waals surface area contributed by atoms with Gasteiger partial charge in [0.1, 0.15) is 6.04 Å². The van der Waals surface area contributed by atoms with Crippen molar-refractivity contribution in [2.24, 2.45) is 5.73 Å². The summed E-state index contributed by atoms with van der Waals surface area (Å²) in [4.78, 5) is 16.8. The molecule has 1 rings (SSSR count). The third kappa shape index (κ3) is 3.19. The summed E-state index contributed by atoms with van der Waals surface area (Å²) in [5.74, 6) is -1.00. The minimum atomic E-state index is -1.00. The Kier molecular flexibility index (Phi) is 4.84. The van der Waals surface area contributed by atoms with Gasteiger partial charge in [-0.1, -0.05) is 0 Å². The van der Waals surface area contributed by atoms with Gasteiger partial charge in [0.05, 0.1) is 6.33 Å². The fraction of sp³-hybridized carbons (Fsp3) is 0.333. The number of nitrogens with two attached hydrogens (primary N) is 1. The number of hydrogen-bond acceptors (Lipinski definition) is 3. The van der Waals surface area contributed by atoms with Gasteiger partial charge in [0.2, 0.25) is 0 Å².